The van der Waals surface area contributed by atoms with Crippen molar-refractivity contribution >= 4 is 5.78 Å². The highest BCUT2D eigenvalue weighted by molar-refractivity contribution is 5.95. The minimum absolute atomic E-state index is 0.114. The van der Waals surface area contributed by atoms with E-state index in [0.29, 0.717) is 17.3 Å². The average Bonchev–Trinajstić information content (AvgIpc) is 2.85. The summed E-state index contributed by atoms with van der Waals surface area (Å²) in [5.41, 5.74) is 3.05. The van der Waals surface area contributed by atoms with Crippen LogP contribution in [0, 0.1) is 28.6 Å². The number of aliphatic hydroxyl groups is 1. The van der Waals surface area contributed by atoms with Crippen molar-refractivity contribution in [3.8, 4) is 0 Å². The van der Waals surface area contributed by atoms with Crippen molar-refractivity contribution in [2.75, 3.05) is 0 Å². The Morgan fingerprint density at radius 1 is 1.09 bits per heavy atom. The molecule has 0 heterocycles. The first-order chi connectivity index (χ1) is 10.9. The molecule has 0 aromatic rings. The quantitative estimate of drug-likeness (QED) is 0.727. The van der Waals surface area contributed by atoms with E-state index in [0.717, 1.165) is 50.0 Å². The fourth-order valence-corrected chi connectivity index (χ4v) is 6.75. The van der Waals surface area contributed by atoms with Crippen molar-refractivity contribution in [1.29, 1.82) is 0 Å². The molecule has 0 aliphatic heterocycles. The first-order valence-electron chi connectivity index (χ1n) is 9.45. The van der Waals surface area contributed by atoms with Crippen LogP contribution in [0.25, 0.3) is 0 Å². The monoisotopic (exact) mass is 314 g/mol. The van der Waals surface area contributed by atoms with Gasteiger partial charge in [-0.25, -0.2) is 0 Å². The molecule has 4 aliphatic rings. The molecule has 2 heteroatoms. The maximum Gasteiger partial charge on any atom is 0.156 e. The van der Waals surface area contributed by atoms with E-state index in [1.165, 1.54) is 12.0 Å². The number of carbonyl (C=O) groups excluding carboxylic acids is 1. The second kappa shape index (κ2) is 5.05. The molecule has 2 saturated carbocycles. The van der Waals surface area contributed by atoms with Crippen molar-refractivity contribution in [2.45, 2.75) is 71.8 Å². The Morgan fingerprint density at radius 2 is 1.83 bits per heavy atom. The van der Waals surface area contributed by atoms with Crippen LogP contribution in [-0.4, -0.2) is 17.0 Å². The fraction of sp³-hybridized carbons (Fsp3) is 0.762. The molecule has 2 fully saturated rings. The first-order valence-corrected chi connectivity index (χ1v) is 9.45. The Balaban J connectivity index is 1.67. The molecule has 126 valence electrons. The molecule has 1 N–H and O–H groups in total. The van der Waals surface area contributed by atoms with Gasteiger partial charge in [0.25, 0.3) is 0 Å². The molecular weight excluding hydrogens is 284 g/mol. The number of ketones is 1. The SMILES string of the molecule is CC(=O)C1=CCC2C3CC=C4C[C@@H](O)CCC4(C)C3CCC12C. The lowest BCUT2D eigenvalue weighted by Crippen LogP contribution is -2.50. The zero-order chi connectivity index (χ0) is 16.4. The second-order valence-electron chi connectivity index (χ2n) is 9.02. The molecule has 0 spiro atoms. The van der Waals surface area contributed by atoms with Crippen molar-refractivity contribution in [1.82, 2.24) is 0 Å². The third kappa shape index (κ3) is 2.06. The minimum atomic E-state index is -0.128. The maximum atomic E-state index is 12.1. The van der Waals surface area contributed by atoms with Gasteiger partial charge in [0.05, 0.1) is 6.10 Å². The molecule has 0 bridgehead atoms. The summed E-state index contributed by atoms with van der Waals surface area (Å²) in [5.74, 6) is 2.38. The van der Waals surface area contributed by atoms with Crippen molar-refractivity contribution < 1.29 is 9.90 Å². The summed E-state index contributed by atoms with van der Waals surface area (Å²) < 4.78 is 0. The number of fused-ring (bicyclic) bond motifs is 5. The normalized spacial score (nSPS) is 48.7. The number of carbonyl (C=O) groups is 1. The standard InChI is InChI=1S/C21H30O2/c1-13(22)17-6-7-18-16-5-4-14-12-15(23)8-10-20(14,2)19(16)9-11-21(17,18)3/h4,6,15-16,18-19,23H,5,7-12H2,1-3H3/t15-,16?,18?,19?,20?,21?/m0/s1. The van der Waals surface area contributed by atoms with Crippen LogP contribution in [0.4, 0.5) is 0 Å². The molecule has 4 rings (SSSR count). The molecule has 0 radical (unpaired) electrons. The Morgan fingerprint density at radius 3 is 2.57 bits per heavy atom. The first kappa shape index (κ1) is 15.6. The van der Waals surface area contributed by atoms with E-state index in [1.54, 1.807) is 6.92 Å². The average molecular weight is 314 g/mol. The van der Waals surface area contributed by atoms with Gasteiger partial charge in [-0.3, -0.25) is 4.79 Å². The molecule has 0 aromatic carbocycles. The summed E-state index contributed by atoms with van der Waals surface area (Å²) in [4.78, 5) is 12.1. The van der Waals surface area contributed by atoms with Crippen molar-refractivity contribution in [2.24, 2.45) is 28.6 Å². The topological polar surface area (TPSA) is 37.3 Å². The summed E-state index contributed by atoms with van der Waals surface area (Å²) >= 11 is 0. The summed E-state index contributed by atoms with van der Waals surface area (Å²) in [7, 11) is 0. The Kier molecular flexibility index (Phi) is 3.43. The van der Waals surface area contributed by atoms with E-state index in [1.807, 2.05) is 0 Å². The smallest absolute Gasteiger partial charge is 0.156 e. The molecule has 0 aromatic heterocycles. The van der Waals surface area contributed by atoms with Gasteiger partial charge in [-0.05, 0) is 86.0 Å². The third-order valence-corrected chi connectivity index (χ3v) is 8.04. The largest absolute Gasteiger partial charge is 0.393 e. The van der Waals surface area contributed by atoms with E-state index in [9.17, 15) is 9.90 Å². The number of allylic oxidation sites excluding steroid dienone is 3. The fourth-order valence-electron chi connectivity index (χ4n) is 6.75. The molecule has 4 aliphatic carbocycles. The molecular formula is C21H30O2. The number of Topliss-reactive ketones (excluding diaryl/α,β-unsaturated/α-hetero) is 1. The van der Waals surface area contributed by atoms with Gasteiger partial charge in [0.1, 0.15) is 0 Å². The lowest BCUT2D eigenvalue weighted by Gasteiger charge is -2.57. The van der Waals surface area contributed by atoms with Crippen LogP contribution < -0.4 is 0 Å². The number of aliphatic hydroxyl groups excluding tert-OH is 1. The van der Waals surface area contributed by atoms with Crippen LogP contribution in [0.5, 0.6) is 0 Å². The molecule has 5 unspecified atom stereocenters. The summed E-state index contributed by atoms with van der Waals surface area (Å²) in [6.07, 6.45) is 12.2. The van der Waals surface area contributed by atoms with Gasteiger partial charge in [0.2, 0.25) is 0 Å². The van der Waals surface area contributed by atoms with Gasteiger partial charge in [0.15, 0.2) is 5.78 Å². The van der Waals surface area contributed by atoms with Crippen LogP contribution in [0.2, 0.25) is 0 Å². The Labute approximate surface area is 140 Å². The summed E-state index contributed by atoms with van der Waals surface area (Å²) in [6.45, 7) is 6.55. The lowest BCUT2D eigenvalue weighted by atomic mass is 9.47. The maximum absolute atomic E-state index is 12.1. The summed E-state index contributed by atoms with van der Waals surface area (Å²) in [6, 6.07) is 0. The van der Waals surface area contributed by atoms with Crippen molar-refractivity contribution in [3.05, 3.63) is 23.3 Å². The third-order valence-electron chi connectivity index (χ3n) is 8.04. The van der Waals surface area contributed by atoms with Gasteiger partial charge in [-0.1, -0.05) is 31.6 Å². The highest BCUT2D eigenvalue weighted by atomic mass is 16.3. The Hall–Kier alpha value is -0.890. The van der Waals surface area contributed by atoms with Crippen molar-refractivity contribution in [3.63, 3.8) is 0 Å². The second-order valence-corrected chi connectivity index (χ2v) is 9.02. The highest BCUT2D eigenvalue weighted by Crippen LogP contribution is 2.64. The van der Waals surface area contributed by atoms with E-state index < -0.39 is 0 Å². The van der Waals surface area contributed by atoms with E-state index in [2.05, 4.69) is 26.0 Å². The van der Waals surface area contributed by atoms with Gasteiger partial charge in [-0.2, -0.15) is 0 Å². The summed E-state index contributed by atoms with van der Waals surface area (Å²) in [5, 5.41) is 10.1. The van der Waals surface area contributed by atoms with Crippen LogP contribution in [0.1, 0.15) is 65.7 Å². The van der Waals surface area contributed by atoms with Crippen LogP contribution >= 0.6 is 0 Å². The van der Waals surface area contributed by atoms with Gasteiger partial charge in [0, 0.05) is 0 Å². The van der Waals surface area contributed by atoms with Gasteiger partial charge >= 0.3 is 0 Å². The predicted molar refractivity (Wildman–Crippen MR) is 91.9 cm³/mol. The molecule has 0 amide bonds. The minimum Gasteiger partial charge on any atom is -0.393 e. The molecule has 2 nitrogen and oxygen atoms in total. The Bertz CT molecular complexity index is 601. The lowest BCUT2D eigenvalue weighted by molar-refractivity contribution is -0.115. The molecule has 6 atom stereocenters. The van der Waals surface area contributed by atoms with Gasteiger partial charge < -0.3 is 5.11 Å². The zero-order valence-electron chi connectivity index (χ0n) is 14.8. The number of hydrogen-bond donors (Lipinski definition) is 1. The highest BCUT2D eigenvalue weighted by Gasteiger charge is 2.57. The van der Waals surface area contributed by atoms with E-state index in [4.69, 9.17) is 0 Å². The van der Waals surface area contributed by atoms with E-state index in [-0.39, 0.29) is 17.3 Å². The number of rotatable bonds is 1. The molecule has 23 heavy (non-hydrogen) atoms. The number of hydrogen-bond acceptors (Lipinski definition) is 2. The van der Waals surface area contributed by atoms with Crippen LogP contribution in [0.15, 0.2) is 23.3 Å². The van der Waals surface area contributed by atoms with Gasteiger partial charge in [-0.15, -0.1) is 0 Å². The van der Waals surface area contributed by atoms with Crippen LogP contribution in [0.3, 0.4) is 0 Å². The van der Waals surface area contributed by atoms with E-state index >= 15 is 0 Å². The predicted octanol–water partition coefficient (Wildman–Crippen LogP) is 4.44. The molecule has 0 saturated heterocycles. The van der Waals surface area contributed by atoms with Crippen LogP contribution in [-0.2, 0) is 4.79 Å². The zero-order valence-corrected chi connectivity index (χ0v) is 14.8.